The summed E-state index contributed by atoms with van der Waals surface area (Å²) in [5, 5.41) is 8.56. The number of carboxylic acids is 1. The van der Waals surface area contributed by atoms with E-state index >= 15 is 0 Å². The van der Waals surface area contributed by atoms with Crippen molar-refractivity contribution in [3.05, 3.63) is 0 Å². The predicted molar refractivity (Wildman–Crippen MR) is 97.0 cm³/mol. The van der Waals surface area contributed by atoms with Gasteiger partial charge in [-0.1, -0.05) is 39.5 Å². The number of unbranched alkanes of at least 4 members (excludes halogenated alkanes) is 4. The molecule has 1 N–H and O–H groups in total. The van der Waals surface area contributed by atoms with E-state index < -0.39 is 30.0 Å². The topological polar surface area (TPSA) is 116 Å². The Morgan fingerprint density at radius 2 is 1.19 bits per heavy atom. The summed E-state index contributed by atoms with van der Waals surface area (Å²) in [7, 11) is 0. The Morgan fingerprint density at radius 1 is 0.704 bits per heavy atom. The van der Waals surface area contributed by atoms with Gasteiger partial charge in [0.1, 0.15) is 13.2 Å². The number of aliphatic carboxylic acids is 1. The molecule has 156 valence electrons. The Hall–Kier alpha value is -2.12. The number of esters is 3. The van der Waals surface area contributed by atoms with E-state index in [-0.39, 0.29) is 38.9 Å². The Labute approximate surface area is 160 Å². The monoisotopic (exact) mass is 388 g/mol. The molecule has 0 aromatic rings. The zero-order valence-corrected chi connectivity index (χ0v) is 16.4. The summed E-state index contributed by atoms with van der Waals surface area (Å²) in [6, 6.07) is 0. The summed E-state index contributed by atoms with van der Waals surface area (Å²) < 4.78 is 15.3. The number of rotatable bonds is 16. The van der Waals surface area contributed by atoms with Crippen LogP contribution in [0.5, 0.6) is 0 Å². The molecule has 27 heavy (non-hydrogen) atoms. The molecule has 0 saturated heterocycles. The van der Waals surface area contributed by atoms with Crippen LogP contribution in [0.4, 0.5) is 0 Å². The fraction of sp³-hybridized carbons (Fsp3) is 0.789. The molecule has 0 amide bonds. The zero-order chi connectivity index (χ0) is 20.5. The van der Waals surface area contributed by atoms with E-state index in [4.69, 9.17) is 19.3 Å². The Morgan fingerprint density at radius 3 is 1.67 bits per heavy atom. The number of carbonyl (C=O) groups is 4. The lowest BCUT2D eigenvalue weighted by atomic mass is 10.2. The first-order chi connectivity index (χ1) is 12.9. The lowest BCUT2D eigenvalue weighted by Crippen LogP contribution is -2.31. The van der Waals surface area contributed by atoms with Crippen LogP contribution in [-0.4, -0.2) is 48.3 Å². The van der Waals surface area contributed by atoms with Crippen molar-refractivity contribution in [1.29, 1.82) is 0 Å². The Bertz CT molecular complexity index is 461. The second kappa shape index (κ2) is 16.1. The van der Waals surface area contributed by atoms with Crippen molar-refractivity contribution in [3.8, 4) is 0 Å². The molecule has 0 saturated carbocycles. The first-order valence-electron chi connectivity index (χ1n) is 9.61. The molecule has 0 bridgehead atoms. The smallest absolute Gasteiger partial charge is 0.306 e. The summed E-state index contributed by atoms with van der Waals surface area (Å²) in [5.74, 6) is -2.66. The van der Waals surface area contributed by atoms with Gasteiger partial charge in [-0.3, -0.25) is 19.2 Å². The van der Waals surface area contributed by atoms with Crippen LogP contribution in [-0.2, 0) is 33.4 Å². The molecule has 0 aliphatic heterocycles. The number of ether oxygens (including phenoxy) is 3. The Kier molecular flexibility index (Phi) is 14.8. The van der Waals surface area contributed by atoms with Crippen molar-refractivity contribution in [2.75, 3.05) is 13.2 Å². The van der Waals surface area contributed by atoms with Gasteiger partial charge in [0, 0.05) is 12.8 Å². The molecule has 1 unspecified atom stereocenters. The van der Waals surface area contributed by atoms with Crippen molar-refractivity contribution in [2.24, 2.45) is 0 Å². The third-order valence-corrected chi connectivity index (χ3v) is 3.67. The summed E-state index contributed by atoms with van der Waals surface area (Å²) in [5.41, 5.74) is 0. The van der Waals surface area contributed by atoms with Crippen LogP contribution in [0.25, 0.3) is 0 Å². The van der Waals surface area contributed by atoms with Gasteiger partial charge in [0.05, 0.1) is 12.8 Å². The van der Waals surface area contributed by atoms with Gasteiger partial charge in [-0.15, -0.1) is 0 Å². The highest BCUT2D eigenvalue weighted by Crippen LogP contribution is 2.07. The molecule has 0 spiro atoms. The van der Waals surface area contributed by atoms with Gasteiger partial charge >= 0.3 is 23.9 Å². The van der Waals surface area contributed by atoms with Crippen molar-refractivity contribution in [1.82, 2.24) is 0 Å². The van der Waals surface area contributed by atoms with Crippen molar-refractivity contribution in [3.63, 3.8) is 0 Å². The van der Waals surface area contributed by atoms with Crippen molar-refractivity contribution in [2.45, 2.75) is 84.2 Å². The van der Waals surface area contributed by atoms with Crippen LogP contribution in [0.2, 0.25) is 0 Å². The van der Waals surface area contributed by atoms with Gasteiger partial charge in [-0.25, -0.2) is 0 Å². The predicted octanol–water partition coefficient (Wildman–Crippen LogP) is 3.01. The normalized spacial score (nSPS) is 11.5. The molecule has 8 heteroatoms. The summed E-state index contributed by atoms with van der Waals surface area (Å²) >= 11 is 0. The minimum atomic E-state index is -1.10. The fourth-order valence-corrected chi connectivity index (χ4v) is 2.12. The third kappa shape index (κ3) is 15.8. The van der Waals surface area contributed by atoms with E-state index in [1.54, 1.807) is 0 Å². The minimum Gasteiger partial charge on any atom is -0.481 e. The zero-order valence-electron chi connectivity index (χ0n) is 16.4. The van der Waals surface area contributed by atoms with Crippen LogP contribution in [0.15, 0.2) is 0 Å². The lowest BCUT2D eigenvalue weighted by molar-refractivity contribution is -0.167. The summed E-state index contributed by atoms with van der Waals surface area (Å²) in [6.45, 7) is 3.57. The molecule has 0 aliphatic rings. The van der Waals surface area contributed by atoms with E-state index in [1.165, 1.54) is 0 Å². The first-order valence-corrected chi connectivity index (χ1v) is 9.61. The second-order valence-electron chi connectivity index (χ2n) is 6.29. The summed E-state index contributed by atoms with van der Waals surface area (Å²) in [6.07, 6.45) is 4.19. The van der Waals surface area contributed by atoms with Gasteiger partial charge < -0.3 is 19.3 Å². The molecule has 1 atom stereocenters. The van der Waals surface area contributed by atoms with E-state index in [9.17, 15) is 19.2 Å². The highest BCUT2D eigenvalue weighted by atomic mass is 16.6. The largest absolute Gasteiger partial charge is 0.481 e. The maximum atomic E-state index is 11.9. The fourth-order valence-electron chi connectivity index (χ4n) is 2.12. The third-order valence-electron chi connectivity index (χ3n) is 3.67. The van der Waals surface area contributed by atoms with E-state index in [2.05, 4.69) is 0 Å². The minimum absolute atomic E-state index is 0.198. The van der Waals surface area contributed by atoms with Crippen LogP contribution in [0.1, 0.15) is 78.1 Å². The van der Waals surface area contributed by atoms with Gasteiger partial charge in [-0.05, 0) is 12.8 Å². The molecule has 0 radical (unpaired) electrons. The molecule has 0 aliphatic carbocycles. The SMILES string of the molecule is CCCCCC(=O)OCC(COC(=O)CCC(=O)O)OC(=O)CCCCC. The molecule has 0 heterocycles. The van der Waals surface area contributed by atoms with Crippen LogP contribution in [0.3, 0.4) is 0 Å². The van der Waals surface area contributed by atoms with E-state index in [0.29, 0.717) is 6.42 Å². The maximum absolute atomic E-state index is 11.9. The second-order valence-corrected chi connectivity index (χ2v) is 6.29. The highest BCUT2D eigenvalue weighted by Gasteiger charge is 2.19. The molecule has 8 nitrogen and oxygen atoms in total. The molecular weight excluding hydrogens is 356 g/mol. The number of hydrogen-bond donors (Lipinski definition) is 1. The quantitative estimate of drug-likeness (QED) is 0.244. The van der Waals surface area contributed by atoms with Crippen LogP contribution >= 0.6 is 0 Å². The molecule has 0 aromatic carbocycles. The van der Waals surface area contributed by atoms with E-state index in [1.807, 2.05) is 13.8 Å². The average molecular weight is 388 g/mol. The number of carbonyl (C=O) groups excluding carboxylic acids is 3. The highest BCUT2D eigenvalue weighted by molar-refractivity contribution is 5.76. The molecule has 0 fully saturated rings. The van der Waals surface area contributed by atoms with Crippen LogP contribution in [0, 0.1) is 0 Å². The standard InChI is InChI=1S/C19H32O8/c1-3-5-7-9-17(22)25-13-15(27-19(24)10-8-6-4-2)14-26-18(23)12-11-16(20)21/h15H,3-14H2,1-2H3,(H,20,21). The van der Waals surface area contributed by atoms with Gasteiger partial charge in [-0.2, -0.15) is 0 Å². The molecular formula is C19H32O8. The van der Waals surface area contributed by atoms with Gasteiger partial charge in [0.2, 0.25) is 0 Å². The van der Waals surface area contributed by atoms with Crippen molar-refractivity contribution < 1.29 is 38.5 Å². The number of hydrogen-bond acceptors (Lipinski definition) is 7. The summed E-state index contributed by atoms with van der Waals surface area (Å²) in [4.78, 5) is 45.6. The Balaban J connectivity index is 4.42. The maximum Gasteiger partial charge on any atom is 0.306 e. The molecule has 0 rings (SSSR count). The number of carboxylic acid groups (broad SMARTS) is 1. The van der Waals surface area contributed by atoms with E-state index in [0.717, 1.165) is 32.1 Å². The van der Waals surface area contributed by atoms with Crippen LogP contribution < -0.4 is 0 Å². The van der Waals surface area contributed by atoms with Gasteiger partial charge in [0.25, 0.3) is 0 Å². The van der Waals surface area contributed by atoms with Crippen molar-refractivity contribution >= 4 is 23.9 Å². The van der Waals surface area contributed by atoms with Gasteiger partial charge in [0.15, 0.2) is 6.10 Å². The lowest BCUT2D eigenvalue weighted by Gasteiger charge is -2.18. The average Bonchev–Trinajstić information content (AvgIpc) is 2.62. The first kappa shape index (κ1) is 24.9. The molecule has 0 aromatic heterocycles.